The number of carbonyl (C=O) groups excluding carboxylic acids is 2. The van der Waals surface area contributed by atoms with E-state index in [9.17, 15) is 9.59 Å². The normalized spacial score (nSPS) is 17.3. The molecule has 5 heteroatoms. The van der Waals surface area contributed by atoms with E-state index in [4.69, 9.17) is 11.6 Å². The van der Waals surface area contributed by atoms with Crippen LogP contribution >= 0.6 is 11.6 Å². The number of anilines is 1. The van der Waals surface area contributed by atoms with Gasteiger partial charge in [-0.2, -0.15) is 0 Å². The van der Waals surface area contributed by atoms with E-state index < -0.39 is 0 Å². The molecule has 0 aliphatic carbocycles. The standard InChI is InChI=1S/C18H17ClN2O2/c19-15-7-4-8-16(10-15)20-17(22)12-21-11-14(9-18(21)23)13-5-2-1-3-6-13/h1-8,10,14H,9,11-12H2,(H,20,22). The molecule has 1 aliphatic heterocycles. The van der Waals surface area contributed by atoms with E-state index in [0.717, 1.165) is 5.56 Å². The van der Waals surface area contributed by atoms with E-state index in [1.54, 1.807) is 29.2 Å². The van der Waals surface area contributed by atoms with Gasteiger partial charge in [0.15, 0.2) is 0 Å². The highest BCUT2D eigenvalue weighted by Crippen LogP contribution is 2.27. The second-order valence-corrected chi connectivity index (χ2v) is 6.08. The summed E-state index contributed by atoms with van der Waals surface area (Å²) in [6, 6.07) is 16.9. The number of amides is 2. The van der Waals surface area contributed by atoms with Crippen LogP contribution in [0, 0.1) is 0 Å². The van der Waals surface area contributed by atoms with Crippen LogP contribution in [0.4, 0.5) is 5.69 Å². The summed E-state index contributed by atoms with van der Waals surface area (Å²) in [5, 5.41) is 3.33. The number of carbonyl (C=O) groups is 2. The molecule has 2 amide bonds. The molecule has 4 nitrogen and oxygen atoms in total. The topological polar surface area (TPSA) is 49.4 Å². The van der Waals surface area contributed by atoms with Crippen LogP contribution in [-0.4, -0.2) is 29.8 Å². The minimum atomic E-state index is -0.214. The van der Waals surface area contributed by atoms with Crippen molar-refractivity contribution < 1.29 is 9.59 Å². The van der Waals surface area contributed by atoms with E-state index in [1.807, 2.05) is 30.3 Å². The molecule has 1 N–H and O–H groups in total. The average Bonchev–Trinajstić information content (AvgIpc) is 2.89. The maximum absolute atomic E-state index is 12.1. The Balaban J connectivity index is 1.60. The number of hydrogen-bond donors (Lipinski definition) is 1. The lowest BCUT2D eigenvalue weighted by molar-refractivity contribution is -0.131. The molecule has 118 valence electrons. The minimum absolute atomic E-state index is 0.0140. The molecule has 3 rings (SSSR count). The SMILES string of the molecule is O=C(CN1CC(c2ccccc2)CC1=O)Nc1cccc(Cl)c1. The number of rotatable bonds is 4. The Morgan fingerprint density at radius 3 is 2.70 bits per heavy atom. The Kier molecular flexibility index (Phi) is 4.63. The summed E-state index contributed by atoms with van der Waals surface area (Å²) in [7, 11) is 0. The fourth-order valence-electron chi connectivity index (χ4n) is 2.81. The average molecular weight is 329 g/mol. The van der Waals surface area contributed by atoms with Crippen LogP contribution in [0.15, 0.2) is 54.6 Å². The van der Waals surface area contributed by atoms with Crippen LogP contribution in [-0.2, 0) is 9.59 Å². The number of likely N-dealkylation sites (tertiary alicyclic amines) is 1. The summed E-state index contributed by atoms with van der Waals surface area (Å²) < 4.78 is 0. The van der Waals surface area contributed by atoms with Crippen LogP contribution < -0.4 is 5.32 Å². The first-order chi connectivity index (χ1) is 11.1. The Labute approximate surface area is 140 Å². The second-order valence-electron chi connectivity index (χ2n) is 5.64. The van der Waals surface area contributed by atoms with Crippen LogP contribution in [0.1, 0.15) is 17.9 Å². The zero-order chi connectivity index (χ0) is 16.2. The monoisotopic (exact) mass is 328 g/mol. The third-order valence-corrected chi connectivity index (χ3v) is 4.16. The number of nitrogens with zero attached hydrogens (tertiary/aromatic N) is 1. The predicted molar refractivity (Wildman–Crippen MR) is 90.5 cm³/mol. The highest BCUT2D eigenvalue weighted by atomic mass is 35.5. The molecule has 1 heterocycles. The highest BCUT2D eigenvalue weighted by molar-refractivity contribution is 6.30. The van der Waals surface area contributed by atoms with Gasteiger partial charge in [-0.3, -0.25) is 9.59 Å². The molecule has 0 aromatic heterocycles. The van der Waals surface area contributed by atoms with Gasteiger partial charge in [0.2, 0.25) is 11.8 Å². The van der Waals surface area contributed by atoms with Crippen LogP contribution in [0.25, 0.3) is 0 Å². The Morgan fingerprint density at radius 1 is 1.17 bits per heavy atom. The summed E-state index contributed by atoms with van der Waals surface area (Å²) in [4.78, 5) is 25.9. The van der Waals surface area contributed by atoms with Crippen molar-refractivity contribution in [1.82, 2.24) is 4.90 Å². The minimum Gasteiger partial charge on any atom is -0.333 e. The second kappa shape index (κ2) is 6.84. The van der Waals surface area contributed by atoms with Gasteiger partial charge < -0.3 is 10.2 Å². The van der Waals surface area contributed by atoms with Gasteiger partial charge in [0.05, 0.1) is 6.54 Å². The van der Waals surface area contributed by atoms with Crippen LogP contribution in [0.3, 0.4) is 0 Å². The van der Waals surface area contributed by atoms with Gasteiger partial charge in [0.25, 0.3) is 0 Å². The van der Waals surface area contributed by atoms with Crippen molar-refractivity contribution in [3.8, 4) is 0 Å². The van der Waals surface area contributed by atoms with Gasteiger partial charge in [-0.25, -0.2) is 0 Å². The molecule has 23 heavy (non-hydrogen) atoms. The zero-order valence-electron chi connectivity index (χ0n) is 12.5. The molecular formula is C18H17ClN2O2. The first-order valence-corrected chi connectivity index (χ1v) is 7.88. The molecule has 0 spiro atoms. The smallest absolute Gasteiger partial charge is 0.243 e. The maximum Gasteiger partial charge on any atom is 0.243 e. The molecule has 1 fully saturated rings. The molecule has 2 aromatic carbocycles. The first-order valence-electron chi connectivity index (χ1n) is 7.50. The third kappa shape index (κ3) is 3.90. The molecule has 1 unspecified atom stereocenters. The molecule has 2 aromatic rings. The van der Waals surface area contributed by atoms with Crippen molar-refractivity contribution in [2.45, 2.75) is 12.3 Å². The van der Waals surface area contributed by atoms with Gasteiger partial charge in [0.1, 0.15) is 0 Å². The van der Waals surface area contributed by atoms with Gasteiger partial charge in [-0.05, 0) is 23.8 Å². The van der Waals surface area contributed by atoms with Gasteiger partial charge in [-0.15, -0.1) is 0 Å². The van der Waals surface area contributed by atoms with Crippen LogP contribution in [0.2, 0.25) is 5.02 Å². The molecule has 0 bridgehead atoms. The lowest BCUT2D eigenvalue weighted by atomic mass is 9.99. The summed E-state index contributed by atoms with van der Waals surface area (Å²) in [5.41, 5.74) is 1.77. The molecular weight excluding hydrogens is 312 g/mol. The largest absolute Gasteiger partial charge is 0.333 e. The highest BCUT2D eigenvalue weighted by Gasteiger charge is 2.31. The van der Waals surface area contributed by atoms with E-state index in [-0.39, 0.29) is 24.3 Å². The zero-order valence-corrected chi connectivity index (χ0v) is 13.3. The Bertz CT molecular complexity index is 718. The fourth-order valence-corrected chi connectivity index (χ4v) is 3.00. The number of hydrogen-bond acceptors (Lipinski definition) is 2. The predicted octanol–water partition coefficient (Wildman–Crippen LogP) is 3.29. The number of nitrogens with one attached hydrogen (secondary N) is 1. The lowest BCUT2D eigenvalue weighted by Crippen LogP contribution is -2.34. The van der Waals surface area contributed by atoms with E-state index >= 15 is 0 Å². The summed E-state index contributed by atoms with van der Waals surface area (Å²) in [5.74, 6) is -0.0444. The van der Waals surface area contributed by atoms with Crippen molar-refractivity contribution in [1.29, 1.82) is 0 Å². The fraction of sp³-hybridized carbons (Fsp3) is 0.222. The molecule has 0 saturated carbocycles. The van der Waals surface area contributed by atoms with Crippen LogP contribution in [0.5, 0.6) is 0 Å². The van der Waals surface area contributed by atoms with Crippen molar-refractivity contribution in [2.24, 2.45) is 0 Å². The van der Waals surface area contributed by atoms with Crippen molar-refractivity contribution in [2.75, 3.05) is 18.4 Å². The maximum atomic E-state index is 12.1. The molecule has 1 aliphatic rings. The van der Waals surface area contributed by atoms with Crippen molar-refractivity contribution in [3.63, 3.8) is 0 Å². The van der Waals surface area contributed by atoms with Gasteiger partial charge in [-0.1, -0.05) is 48.0 Å². The molecule has 0 radical (unpaired) electrons. The quantitative estimate of drug-likeness (QED) is 0.936. The van der Waals surface area contributed by atoms with Crippen molar-refractivity contribution in [3.05, 3.63) is 65.2 Å². The van der Waals surface area contributed by atoms with E-state index in [0.29, 0.717) is 23.7 Å². The molecule has 1 atom stereocenters. The Morgan fingerprint density at radius 2 is 1.96 bits per heavy atom. The number of halogens is 1. The van der Waals surface area contributed by atoms with E-state index in [1.165, 1.54) is 0 Å². The summed E-state index contributed by atoms with van der Waals surface area (Å²) in [6.07, 6.45) is 0.453. The van der Waals surface area contributed by atoms with E-state index in [2.05, 4.69) is 5.32 Å². The Hall–Kier alpha value is -2.33. The van der Waals surface area contributed by atoms with Crippen molar-refractivity contribution >= 4 is 29.1 Å². The number of benzene rings is 2. The third-order valence-electron chi connectivity index (χ3n) is 3.93. The molecule has 1 saturated heterocycles. The summed E-state index contributed by atoms with van der Waals surface area (Å²) >= 11 is 5.89. The van der Waals surface area contributed by atoms with Gasteiger partial charge in [0, 0.05) is 29.6 Å². The first kappa shape index (κ1) is 15.6. The van der Waals surface area contributed by atoms with Gasteiger partial charge >= 0.3 is 0 Å². The lowest BCUT2D eigenvalue weighted by Gasteiger charge is -2.16. The summed E-state index contributed by atoms with van der Waals surface area (Å²) in [6.45, 7) is 0.639.